The number of benzene rings is 2. The Hall–Kier alpha value is -2.30. The molecule has 0 spiro atoms. The number of nitrogens with zero attached hydrogens (tertiary/aromatic N) is 1. The third-order valence-corrected chi connectivity index (χ3v) is 3.92. The van der Waals surface area contributed by atoms with Gasteiger partial charge in [0.1, 0.15) is 18.9 Å². The first-order valence-electron chi connectivity index (χ1n) is 7.84. The number of aromatic amines is 1. The Bertz CT molecular complexity index is 773. The fraction of sp³-hybridized carbons (Fsp3) is 0.263. The lowest BCUT2D eigenvalue weighted by Gasteiger charge is -2.18. The normalized spacial score (nSPS) is 11.8. The summed E-state index contributed by atoms with van der Waals surface area (Å²) in [7, 11) is 3.56. The summed E-state index contributed by atoms with van der Waals surface area (Å²) >= 11 is 0. The van der Waals surface area contributed by atoms with Gasteiger partial charge in [0.25, 0.3) is 0 Å². The van der Waals surface area contributed by atoms with E-state index in [4.69, 9.17) is 4.74 Å². The zero-order valence-electron chi connectivity index (χ0n) is 13.6. The van der Waals surface area contributed by atoms with Crippen LogP contribution >= 0.6 is 0 Å². The number of rotatable bonds is 6. The van der Waals surface area contributed by atoms with Crippen molar-refractivity contribution in [2.45, 2.75) is 13.0 Å². The Balaban J connectivity index is 1.75. The molecule has 2 N–H and O–H groups in total. The van der Waals surface area contributed by atoms with Crippen molar-refractivity contribution < 1.29 is 14.6 Å². The van der Waals surface area contributed by atoms with Gasteiger partial charge in [0.05, 0.1) is 14.1 Å². The summed E-state index contributed by atoms with van der Waals surface area (Å²) in [5.41, 5.74) is 3.45. The molecule has 0 amide bonds. The number of hydroxylamine groups is 3. The van der Waals surface area contributed by atoms with Crippen molar-refractivity contribution in [1.29, 1.82) is 0 Å². The van der Waals surface area contributed by atoms with Crippen LogP contribution < -0.4 is 4.74 Å². The van der Waals surface area contributed by atoms with Gasteiger partial charge >= 0.3 is 0 Å². The largest absolute Gasteiger partial charge is 0.489 e. The van der Waals surface area contributed by atoms with Gasteiger partial charge in [0.2, 0.25) is 0 Å². The molecule has 4 heteroatoms. The van der Waals surface area contributed by atoms with Crippen LogP contribution in [0.25, 0.3) is 10.9 Å². The Morgan fingerprint density at radius 3 is 2.61 bits per heavy atom. The van der Waals surface area contributed by atoms with Crippen molar-refractivity contribution in [3.63, 3.8) is 0 Å². The van der Waals surface area contributed by atoms with E-state index >= 15 is 0 Å². The van der Waals surface area contributed by atoms with Crippen molar-refractivity contribution in [3.8, 4) is 5.75 Å². The van der Waals surface area contributed by atoms with Crippen LogP contribution in [0, 0.1) is 0 Å². The van der Waals surface area contributed by atoms with Crippen LogP contribution in [0.4, 0.5) is 0 Å². The van der Waals surface area contributed by atoms with E-state index in [1.165, 1.54) is 5.56 Å². The van der Waals surface area contributed by atoms with Crippen LogP contribution in [-0.2, 0) is 13.0 Å². The lowest BCUT2D eigenvalue weighted by atomic mass is 10.1. The van der Waals surface area contributed by atoms with E-state index in [2.05, 4.69) is 23.2 Å². The minimum atomic E-state index is -0.0309. The molecule has 0 aliphatic carbocycles. The van der Waals surface area contributed by atoms with E-state index in [-0.39, 0.29) is 4.65 Å². The smallest absolute Gasteiger partial charge is 0.120 e. The monoisotopic (exact) mass is 311 g/mol. The SMILES string of the molecule is C[N+](C)(O)CCc1c[nH]c2ccc(OCc3ccccc3)cc12. The highest BCUT2D eigenvalue weighted by Gasteiger charge is 2.13. The molecule has 4 nitrogen and oxygen atoms in total. The lowest BCUT2D eigenvalue weighted by Crippen LogP contribution is -2.37. The second kappa shape index (κ2) is 6.44. The summed E-state index contributed by atoms with van der Waals surface area (Å²) in [5, 5.41) is 11.0. The molecule has 120 valence electrons. The summed E-state index contributed by atoms with van der Waals surface area (Å²) in [6.07, 6.45) is 2.83. The van der Waals surface area contributed by atoms with Gasteiger partial charge in [0.15, 0.2) is 0 Å². The quantitative estimate of drug-likeness (QED) is 0.538. The lowest BCUT2D eigenvalue weighted by molar-refractivity contribution is -1.07. The fourth-order valence-corrected chi connectivity index (χ4v) is 2.59. The molecule has 0 fully saturated rings. The standard InChI is InChI=1S/C19H23N2O2/c1-21(2,22)11-10-16-13-20-19-9-8-17(12-18(16)19)23-14-15-6-4-3-5-7-15/h3-9,12-13,20,22H,10-11,14H2,1-2H3/q+1. The molecule has 0 saturated heterocycles. The second-order valence-electron chi connectivity index (χ2n) is 6.39. The first-order valence-corrected chi connectivity index (χ1v) is 7.84. The Morgan fingerprint density at radius 1 is 1.09 bits per heavy atom. The molecule has 0 aliphatic heterocycles. The van der Waals surface area contributed by atoms with E-state index in [1.807, 2.05) is 36.5 Å². The van der Waals surface area contributed by atoms with Crippen molar-refractivity contribution in [1.82, 2.24) is 4.98 Å². The van der Waals surface area contributed by atoms with Gasteiger partial charge < -0.3 is 9.72 Å². The Morgan fingerprint density at radius 2 is 1.87 bits per heavy atom. The van der Waals surface area contributed by atoms with Crippen molar-refractivity contribution in [3.05, 3.63) is 65.9 Å². The molecule has 1 aromatic heterocycles. The van der Waals surface area contributed by atoms with Gasteiger partial charge in [0, 0.05) is 23.5 Å². The Kier molecular flexibility index (Phi) is 4.37. The van der Waals surface area contributed by atoms with Crippen LogP contribution in [0.1, 0.15) is 11.1 Å². The third kappa shape index (κ3) is 4.12. The van der Waals surface area contributed by atoms with E-state index < -0.39 is 0 Å². The predicted octanol–water partition coefficient (Wildman–Crippen LogP) is 3.76. The van der Waals surface area contributed by atoms with E-state index in [0.717, 1.165) is 28.6 Å². The first-order chi connectivity index (χ1) is 11.0. The topological polar surface area (TPSA) is 45.2 Å². The highest BCUT2D eigenvalue weighted by Crippen LogP contribution is 2.25. The summed E-state index contributed by atoms with van der Waals surface area (Å²) in [5.74, 6) is 0.861. The van der Waals surface area contributed by atoms with Crippen LogP contribution in [0.3, 0.4) is 0 Å². The first kappa shape index (κ1) is 15.6. The van der Waals surface area contributed by atoms with Crippen molar-refractivity contribution in [2.75, 3.05) is 20.6 Å². The summed E-state index contributed by atoms with van der Waals surface area (Å²) in [6, 6.07) is 16.2. The molecule has 23 heavy (non-hydrogen) atoms. The van der Waals surface area contributed by atoms with Gasteiger partial charge in [-0.1, -0.05) is 30.3 Å². The number of fused-ring (bicyclic) bond motifs is 1. The molecule has 1 heterocycles. The Labute approximate surface area is 136 Å². The zero-order chi connectivity index (χ0) is 16.3. The van der Waals surface area contributed by atoms with Crippen LogP contribution in [-0.4, -0.2) is 35.5 Å². The molecule has 0 saturated carbocycles. The van der Waals surface area contributed by atoms with Crippen LogP contribution in [0.15, 0.2) is 54.7 Å². The number of likely N-dealkylation sites (N-methyl/N-ethyl adjacent to an activating group) is 1. The molecule has 0 atom stereocenters. The third-order valence-electron chi connectivity index (χ3n) is 3.92. The van der Waals surface area contributed by atoms with Crippen LogP contribution in [0.2, 0.25) is 0 Å². The van der Waals surface area contributed by atoms with Gasteiger partial charge in [-0.3, -0.25) is 0 Å². The number of nitrogens with one attached hydrogen (secondary N) is 1. The molecular formula is C19H23N2O2+. The fourth-order valence-electron chi connectivity index (χ4n) is 2.59. The maximum Gasteiger partial charge on any atom is 0.120 e. The minimum absolute atomic E-state index is 0.0309. The minimum Gasteiger partial charge on any atom is -0.489 e. The molecule has 3 aromatic rings. The summed E-state index contributed by atoms with van der Waals surface area (Å²) in [4.78, 5) is 3.28. The molecule has 2 aromatic carbocycles. The number of ether oxygens (including phenoxy) is 1. The molecule has 0 radical (unpaired) electrons. The molecule has 0 aliphatic rings. The number of hydrogen-bond acceptors (Lipinski definition) is 2. The molecule has 0 bridgehead atoms. The van der Waals surface area contributed by atoms with Crippen molar-refractivity contribution in [2.24, 2.45) is 0 Å². The predicted molar refractivity (Wildman–Crippen MR) is 91.5 cm³/mol. The zero-order valence-corrected chi connectivity index (χ0v) is 13.6. The van der Waals surface area contributed by atoms with Gasteiger partial charge in [-0.05, 0) is 29.3 Å². The number of H-pyrrole nitrogens is 1. The van der Waals surface area contributed by atoms with E-state index in [1.54, 1.807) is 14.1 Å². The maximum absolute atomic E-state index is 9.86. The average Bonchev–Trinajstić information content (AvgIpc) is 2.94. The van der Waals surface area contributed by atoms with E-state index in [0.29, 0.717) is 13.2 Å². The maximum atomic E-state index is 9.86. The van der Waals surface area contributed by atoms with Gasteiger partial charge in [-0.25, -0.2) is 5.21 Å². The highest BCUT2D eigenvalue weighted by molar-refractivity contribution is 5.84. The van der Waals surface area contributed by atoms with Crippen molar-refractivity contribution >= 4 is 10.9 Å². The average molecular weight is 311 g/mol. The summed E-state index contributed by atoms with van der Waals surface area (Å²) < 4.78 is 5.87. The van der Waals surface area contributed by atoms with Gasteiger partial charge in [-0.2, -0.15) is 4.65 Å². The molecular weight excluding hydrogens is 288 g/mol. The number of hydrogen-bond donors (Lipinski definition) is 2. The van der Waals surface area contributed by atoms with E-state index in [9.17, 15) is 5.21 Å². The molecule has 3 rings (SSSR count). The second-order valence-corrected chi connectivity index (χ2v) is 6.39. The van der Waals surface area contributed by atoms with Gasteiger partial charge in [-0.15, -0.1) is 0 Å². The highest BCUT2D eigenvalue weighted by atomic mass is 16.5. The number of aromatic nitrogens is 1. The number of quaternary nitrogens is 1. The van der Waals surface area contributed by atoms with Crippen LogP contribution in [0.5, 0.6) is 5.75 Å². The summed E-state index contributed by atoms with van der Waals surface area (Å²) in [6.45, 7) is 1.23. The molecule has 0 unspecified atom stereocenters.